The summed E-state index contributed by atoms with van der Waals surface area (Å²) in [6.07, 6.45) is -4.22. The summed E-state index contributed by atoms with van der Waals surface area (Å²) in [6.45, 7) is 7.91. The van der Waals surface area contributed by atoms with Gasteiger partial charge in [-0.3, -0.25) is 4.99 Å². The van der Waals surface area contributed by atoms with E-state index >= 15 is 0 Å². The number of likely N-dealkylation sites (tertiary alicyclic amines) is 1. The molecule has 0 bridgehead atoms. The van der Waals surface area contributed by atoms with Crippen molar-refractivity contribution in [2.24, 2.45) is 10.9 Å². The molecular formula is C20H30F3N3O3. The lowest BCUT2D eigenvalue weighted by Gasteiger charge is -2.22. The molecule has 2 N–H and O–H groups in total. The van der Waals surface area contributed by atoms with Crippen LogP contribution in [0.1, 0.15) is 25.8 Å². The number of nitrogens with zero attached hydrogens (tertiary/aromatic N) is 2. The molecule has 1 aliphatic rings. The highest BCUT2D eigenvalue weighted by atomic mass is 19.4. The van der Waals surface area contributed by atoms with E-state index in [9.17, 15) is 18.3 Å². The maximum absolute atomic E-state index is 12.6. The highest BCUT2D eigenvalue weighted by Gasteiger charge is 2.30. The normalized spacial score (nSPS) is 18.8. The van der Waals surface area contributed by atoms with E-state index in [1.165, 1.54) is 12.1 Å². The molecule has 0 aliphatic carbocycles. The number of aliphatic imine (C=N–C) groups is 1. The van der Waals surface area contributed by atoms with Gasteiger partial charge >= 0.3 is 6.18 Å². The Hall–Kier alpha value is -2.00. The molecule has 9 heteroatoms. The highest BCUT2D eigenvalue weighted by Crippen LogP contribution is 2.30. The van der Waals surface area contributed by atoms with Crippen LogP contribution < -0.4 is 10.1 Å². The number of rotatable bonds is 9. The van der Waals surface area contributed by atoms with E-state index in [1.54, 1.807) is 0 Å². The Morgan fingerprint density at radius 3 is 2.66 bits per heavy atom. The molecule has 1 aromatic carbocycles. The Labute approximate surface area is 169 Å². The van der Waals surface area contributed by atoms with Crippen LogP contribution >= 0.6 is 0 Å². The molecule has 1 aromatic rings. The molecule has 6 nitrogen and oxygen atoms in total. The number of ether oxygens (including phenoxy) is 2. The van der Waals surface area contributed by atoms with Gasteiger partial charge in [-0.25, -0.2) is 0 Å². The minimum absolute atomic E-state index is 0.0543. The standard InChI is InChI=1S/C20H30F3N3O3/c1-3-24-19(26-10-9-15(12-26)13-28-4-2)25-11-17(27)14-29-18-7-5-16(6-8-18)20(21,22)23/h5-8,15,17,27H,3-4,9-14H2,1-2H3,(H,24,25). The van der Waals surface area contributed by atoms with Gasteiger partial charge in [0.2, 0.25) is 0 Å². The number of alkyl halides is 3. The van der Waals surface area contributed by atoms with Crippen molar-refractivity contribution in [2.75, 3.05) is 46.0 Å². The molecular weight excluding hydrogens is 387 g/mol. The number of benzene rings is 1. The number of hydrogen-bond acceptors (Lipinski definition) is 4. The van der Waals surface area contributed by atoms with E-state index < -0.39 is 17.8 Å². The summed E-state index contributed by atoms with van der Waals surface area (Å²) >= 11 is 0. The highest BCUT2D eigenvalue weighted by molar-refractivity contribution is 5.80. The molecule has 2 unspecified atom stereocenters. The van der Waals surface area contributed by atoms with Crippen LogP contribution in [-0.2, 0) is 10.9 Å². The van der Waals surface area contributed by atoms with Gasteiger partial charge in [-0.1, -0.05) is 0 Å². The minimum atomic E-state index is -4.38. The summed E-state index contributed by atoms with van der Waals surface area (Å²) in [7, 11) is 0. The SMILES string of the molecule is CCNC(=NCC(O)COc1ccc(C(F)(F)F)cc1)N1CCC(COCC)C1. The van der Waals surface area contributed by atoms with Crippen molar-refractivity contribution < 1.29 is 27.8 Å². The van der Waals surface area contributed by atoms with Gasteiger partial charge in [0.05, 0.1) is 18.7 Å². The maximum atomic E-state index is 12.6. The summed E-state index contributed by atoms with van der Waals surface area (Å²) in [5.41, 5.74) is -0.737. The second-order valence-electron chi connectivity index (χ2n) is 6.94. The van der Waals surface area contributed by atoms with Crippen molar-refractivity contribution in [1.82, 2.24) is 10.2 Å². The fourth-order valence-corrected chi connectivity index (χ4v) is 3.05. The van der Waals surface area contributed by atoms with Gasteiger partial charge in [0.15, 0.2) is 5.96 Å². The monoisotopic (exact) mass is 417 g/mol. The van der Waals surface area contributed by atoms with Crippen LogP contribution in [-0.4, -0.2) is 68.1 Å². The summed E-state index contributed by atoms with van der Waals surface area (Å²) in [6, 6.07) is 4.39. The van der Waals surface area contributed by atoms with E-state index in [0.29, 0.717) is 19.1 Å². The molecule has 0 amide bonds. The Morgan fingerprint density at radius 1 is 1.31 bits per heavy atom. The summed E-state index contributed by atoms with van der Waals surface area (Å²) < 4.78 is 48.6. The molecule has 1 aliphatic heterocycles. The molecule has 2 rings (SSSR count). The fourth-order valence-electron chi connectivity index (χ4n) is 3.05. The smallest absolute Gasteiger partial charge is 0.416 e. The van der Waals surface area contributed by atoms with Crippen molar-refractivity contribution in [3.8, 4) is 5.75 Å². The first-order chi connectivity index (χ1) is 13.8. The Bertz CT molecular complexity index is 638. The third kappa shape index (κ3) is 7.74. The first-order valence-corrected chi connectivity index (χ1v) is 9.92. The zero-order valence-electron chi connectivity index (χ0n) is 16.9. The number of aliphatic hydroxyl groups excluding tert-OH is 1. The third-order valence-electron chi connectivity index (χ3n) is 4.55. The van der Waals surface area contributed by atoms with Crippen LogP contribution in [0.25, 0.3) is 0 Å². The van der Waals surface area contributed by atoms with Gasteiger partial charge in [0.25, 0.3) is 0 Å². The van der Waals surface area contributed by atoms with Gasteiger partial charge in [0.1, 0.15) is 18.5 Å². The van der Waals surface area contributed by atoms with E-state index in [-0.39, 0.29) is 18.9 Å². The zero-order chi connectivity index (χ0) is 21.3. The number of aliphatic hydroxyl groups is 1. The van der Waals surface area contributed by atoms with Crippen molar-refractivity contribution >= 4 is 5.96 Å². The Morgan fingerprint density at radius 2 is 2.03 bits per heavy atom. The third-order valence-corrected chi connectivity index (χ3v) is 4.55. The molecule has 0 aromatic heterocycles. The Kier molecular flexibility index (Phi) is 9.03. The lowest BCUT2D eigenvalue weighted by atomic mass is 10.1. The molecule has 1 saturated heterocycles. The van der Waals surface area contributed by atoms with Crippen LogP contribution in [0.2, 0.25) is 0 Å². The van der Waals surface area contributed by atoms with E-state index in [0.717, 1.165) is 44.2 Å². The van der Waals surface area contributed by atoms with Gasteiger partial charge in [0, 0.05) is 32.2 Å². The summed E-state index contributed by atoms with van der Waals surface area (Å²) in [5, 5.41) is 13.4. The average molecular weight is 417 g/mol. The second-order valence-corrected chi connectivity index (χ2v) is 6.94. The first-order valence-electron chi connectivity index (χ1n) is 9.92. The molecule has 1 fully saturated rings. The van der Waals surface area contributed by atoms with Crippen LogP contribution in [0.4, 0.5) is 13.2 Å². The fraction of sp³-hybridized carbons (Fsp3) is 0.650. The number of nitrogens with one attached hydrogen (secondary N) is 1. The van der Waals surface area contributed by atoms with Crippen LogP contribution in [0.3, 0.4) is 0 Å². The second kappa shape index (κ2) is 11.3. The van der Waals surface area contributed by atoms with Crippen LogP contribution in [0, 0.1) is 5.92 Å². The number of guanidine groups is 1. The zero-order valence-corrected chi connectivity index (χ0v) is 16.9. The van der Waals surface area contributed by atoms with Gasteiger partial charge in [-0.2, -0.15) is 13.2 Å². The largest absolute Gasteiger partial charge is 0.491 e. The van der Waals surface area contributed by atoms with E-state index in [1.807, 2.05) is 13.8 Å². The minimum Gasteiger partial charge on any atom is -0.491 e. The number of hydrogen-bond donors (Lipinski definition) is 2. The van der Waals surface area contributed by atoms with Crippen LogP contribution in [0.15, 0.2) is 29.3 Å². The van der Waals surface area contributed by atoms with Crippen LogP contribution in [0.5, 0.6) is 5.75 Å². The lowest BCUT2D eigenvalue weighted by Crippen LogP contribution is -2.41. The topological polar surface area (TPSA) is 66.3 Å². The lowest BCUT2D eigenvalue weighted by molar-refractivity contribution is -0.137. The first kappa shape index (κ1) is 23.3. The molecule has 0 saturated carbocycles. The quantitative estimate of drug-likeness (QED) is 0.478. The maximum Gasteiger partial charge on any atom is 0.416 e. The van der Waals surface area contributed by atoms with E-state index in [4.69, 9.17) is 9.47 Å². The molecule has 164 valence electrons. The molecule has 29 heavy (non-hydrogen) atoms. The van der Waals surface area contributed by atoms with Gasteiger partial charge in [-0.05, 0) is 44.5 Å². The predicted molar refractivity (Wildman–Crippen MR) is 105 cm³/mol. The molecule has 0 spiro atoms. The van der Waals surface area contributed by atoms with Gasteiger partial charge < -0.3 is 24.8 Å². The summed E-state index contributed by atoms with van der Waals surface area (Å²) in [4.78, 5) is 6.63. The van der Waals surface area contributed by atoms with Crippen molar-refractivity contribution in [1.29, 1.82) is 0 Å². The Balaban J connectivity index is 1.82. The average Bonchev–Trinajstić information content (AvgIpc) is 3.16. The number of halogens is 3. The molecule has 1 heterocycles. The van der Waals surface area contributed by atoms with Crippen molar-refractivity contribution in [2.45, 2.75) is 32.5 Å². The van der Waals surface area contributed by atoms with Crippen molar-refractivity contribution in [3.63, 3.8) is 0 Å². The van der Waals surface area contributed by atoms with Gasteiger partial charge in [-0.15, -0.1) is 0 Å². The molecule has 2 atom stereocenters. The summed E-state index contributed by atoms with van der Waals surface area (Å²) in [5.74, 6) is 1.47. The van der Waals surface area contributed by atoms with Crippen molar-refractivity contribution in [3.05, 3.63) is 29.8 Å². The predicted octanol–water partition coefficient (Wildman–Crippen LogP) is 2.77. The van der Waals surface area contributed by atoms with E-state index in [2.05, 4.69) is 15.2 Å². The molecule has 0 radical (unpaired) electrons.